The van der Waals surface area contributed by atoms with E-state index in [1.807, 2.05) is 11.0 Å². The third kappa shape index (κ3) is 2.20. The van der Waals surface area contributed by atoms with Gasteiger partial charge >= 0.3 is 0 Å². The Morgan fingerprint density at radius 1 is 1.33 bits per heavy atom. The molecule has 3 heterocycles. The van der Waals surface area contributed by atoms with Crippen LogP contribution in [0, 0.1) is 5.92 Å². The predicted molar refractivity (Wildman–Crippen MR) is 82.8 cm³/mol. The van der Waals surface area contributed by atoms with E-state index in [1.165, 1.54) is 25.7 Å². The SMILES string of the molecule is C[C@@H](C1CC1)N1Cc2cc(Cl)nc(N3CCCC3)c2C1=O. The summed E-state index contributed by atoms with van der Waals surface area (Å²) in [5.74, 6) is 1.64. The lowest BCUT2D eigenvalue weighted by molar-refractivity contribution is 0.0698. The minimum Gasteiger partial charge on any atom is -0.356 e. The zero-order chi connectivity index (χ0) is 14.6. The first-order valence-corrected chi connectivity index (χ1v) is 8.28. The number of hydrogen-bond acceptors (Lipinski definition) is 3. The number of carbonyl (C=O) groups excluding carboxylic acids is 1. The predicted octanol–water partition coefficient (Wildman–Crippen LogP) is 3.09. The van der Waals surface area contributed by atoms with Crippen LogP contribution in [0.4, 0.5) is 5.82 Å². The maximum Gasteiger partial charge on any atom is 0.258 e. The van der Waals surface area contributed by atoms with Gasteiger partial charge in [-0.25, -0.2) is 4.98 Å². The van der Waals surface area contributed by atoms with Gasteiger partial charge in [-0.3, -0.25) is 4.79 Å². The van der Waals surface area contributed by atoms with Gasteiger partial charge in [0.05, 0.1) is 5.56 Å². The number of amides is 1. The highest BCUT2D eigenvalue weighted by Gasteiger charge is 2.40. The van der Waals surface area contributed by atoms with Crippen molar-refractivity contribution in [1.29, 1.82) is 0 Å². The molecule has 1 aromatic rings. The molecular weight excluding hydrogens is 286 g/mol. The van der Waals surface area contributed by atoms with Gasteiger partial charge in [-0.2, -0.15) is 0 Å². The molecule has 4 nitrogen and oxygen atoms in total. The van der Waals surface area contributed by atoms with E-state index in [2.05, 4.69) is 16.8 Å². The Hall–Kier alpha value is -1.29. The second-order valence-electron chi connectivity index (χ2n) is 6.51. The van der Waals surface area contributed by atoms with Gasteiger partial charge in [0.1, 0.15) is 11.0 Å². The molecule has 1 atom stereocenters. The number of hydrogen-bond donors (Lipinski definition) is 0. The van der Waals surface area contributed by atoms with E-state index in [9.17, 15) is 4.79 Å². The highest BCUT2D eigenvalue weighted by Crippen LogP contribution is 2.40. The molecule has 2 aliphatic heterocycles. The number of carbonyl (C=O) groups is 1. The fraction of sp³-hybridized carbons (Fsp3) is 0.625. The zero-order valence-corrected chi connectivity index (χ0v) is 13.1. The van der Waals surface area contributed by atoms with Crippen molar-refractivity contribution >= 4 is 23.3 Å². The van der Waals surface area contributed by atoms with Crippen molar-refractivity contribution < 1.29 is 4.79 Å². The first-order chi connectivity index (χ1) is 10.1. The Morgan fingerprint density at radius 3 is 2.71 bits per heavy atom. The summed E-state index contributed by atoms with van der Waals surface area (Å²) in [5.41, 5.74) is 1.85. The van der Waals surface area contributed by atoms with E-state index in [-0.39, 0.29) is 5.91 Å². The second-order valence-corrected chi connectivity index (χ2v) is 6.90. The van der Waals surface area contributed by atoms with Gasteiger partial charge in [-0.1, -0.05) is 11.6 Å². The molecule has 1 saturated carbocycles. The van der Waals surface area contributed by atoms with Gasteiger partial charge in [0, 0.05) is 25.7 Å². The van der Waals surface area contributed by atoms with Crippen LogP contribution in [-0.4, -0.2) is 34.9 Å². The summed E-state index contributed by atoms with van der Waals surface area (Å²) < 4.78 is 0. The molecule has 4 rings (SSSR count). The molecule has 0 radical (unpaired) electrons. The van der Waals surface area contributed by atoms with Crippen molar-refractivity contribution in [2.24, 2.45) is 5.92 Å². The van der Waals surface area contributed by atoms with Crippen LogP contribution in [0.3, 0.4) is 0 Å². The maximum atomic E-state index is 12.9. The monoisotopic (exact) mass is 305 g/mol. The van der Waals surface area contributed by atoms with Gasteiger partial charge in [-0.05, 0) is 50.2 Å². The molecule has 1 saturated heterocycles. The average Bonchev–Trinajstić information content (AvgIpc) is 3.06. The average molecular weight is 306 g/mol. The Balaban J connectivity index is 1.72. The lowest BCUT2D eigenvalue weighted by atomic mass is 10.1. The van der Waals surface area contributed by atoms with Crippen LogP contribution in [-0.2, 0) is 6.54 Å². The minimum absolute atomic E-state index is 0.149. The Kier molecular flexibility index (Phi) is 3.10. The second kappa shape index (κ2) is 4.87. The summed E-state index contributed by atoms with van der Waals surface area (Å²) in [4.78, 5) is 21.6. The Morgan fingerprint density at radius 2 is 2.05 bits per heavy atom. The molecule has 0 aromatic carbocycles. The van der Waals surface area contributed by atoms with E-state index in [1.54, 1.807) is 0 Å². The molecule has 1 amide bonds. The van der Waals surface area contributed by atoms with Crippen LogP contribution in [0.15, 0.2) is 6.07 Å². The number of rotatable bonds is 3. The minimum atomic E-state index is 0.149. The number of nitrogens with zero attached hydrogens (tertiary/aromatic N) is 3. The van der Waals surface area contributed by atoms with Gasteiger partial charge in [0.2, 0.25) is 0 Å². The molecule has 3 aliphatic rings. The molecule has 1 aliphatic carbocycles. The largest absolute Gasteiger partial charge is 0.356 e. The summed E-state index contributed by atoms with van der Waals surface area (Å²) in [6, 6.07) is 2.20. The topological polar surface area (TPSA) is 36.4 Å². The third-order valence-corrected chi connectivity index (χ3v) is 5.26. The smallest absolute Gasteiger partial charge is 0.258 e. The van der Waals surface area contributed by atoms with Crippen molar-refractivity contribution in [3.63, 3.8) is 0 Å². The van der Waals surface area contributed by atoms with Crippen LogP contribution in [0.2, 0.25) is 5.15 Å². The van der Waals surface area contributed by atoms with Crippen LogP contribution < -0.4 is 4.90 Å². The van der Waals surface area contributed by atoms with Crippen LogP contribution >= 0.6 is 11.6 Å². The van der Waals surface area contributed by atoms with Gasteiger partial charge in [0.15, 0.2) is 0 Å². The highest BCUT2D eigenvalue weighted by atomic mass is 35.5. The van der Waals surface area contributed by atoms with E-state index < -0.39 is 0 Å². The molecule has 0 N–H and O–H groups in total. The molecule has 112 valence electrons. The van der Waals surface area contributed by atoms with Crippen molar-refractivity contribution in [3.8, 4) is 0 Å². The first-order valence-electron chi connectivity index (χ1n) is 7.90. The summed E-state index contributed by atoms with van der Waals surface area (Å²) in [7, 11) is 0. The summed E-state index contributed by atoms with van der Waals surface area (Å²) in [5, 5.41) is 0.504. The van der Waals surface area contributed by atoms with Gasteiger partial charge < -0.3 is 9.80 Å². The quantitative estimate of drug-likeness (QED) is 0.805. The third-order valence-electron chi connectivity index (χ3n) is 5.07. The Labute approximate surface area is 130 Å². The lowest BCUT2D eigenvalue weighted by Gasteiger charge is -2.24. The summed E-state index contributed by atoms with van der Waals surface area (Å²) >= 11 is 6.19. The van der Waals surface area contributed by atoms with Crippen molar-refractivity contribution in [2.45, 2.75) is 45.2 Å². The molecule has 21 heavy (non-hydrogen) atoms. The number of fused-ring (bicyclic) bond motifs is 1. The number of halogens is 1. The fourth-order valence-electron chi connectivity index (χ4n) is 3.63. The van der Waals surface area contributed by atoms with Gasteiger partial charge in [-0.15, -0.1) is 0 Å². The number of aromatic nitrogens is 1. The molecule has 0 spiro atoms. The summed E-state index contributed by atoms with van der Waals surface area (Å²) in [6.07, 6.45) is 4.83. The fourth-order valence-corrected chi connectivity index (χ4v) is 3.84. The molecule has 0 unspecified atom stereocenters. The van der Waals surface area contributed by atoms with E-state index in [0.717, 1.165) is 30.0 Å². The first kappa shape index (κ1) is 13.4. The van der Waals surface area contributed by atoms with Crippen molar-refractivity contribution in [1.82, 2.24) is 9.88 Å². The molecular formula is C16H20ClN3O. The zero-order valence-electron chi connectivity index (χ0n) is 12.3. The Bertz CT molecular complexity index is 593. The molecule has 1 aromatic heterocycles. The van der Waals surface area contributed by atoms with Crippen LogP contribution in [0.1, 0.15) is 48.5 Å². The lowest BCUT2D eigenvalue weighted by Crippen LogP contribution is -2.35. The number of pyridine rings is 1. The number of anilines is 1. The van der Waals surface area contributed by atoms with E-state index >= 15 is 0 Å². The molecule has 5 heteroatoms. The van der Waals surface area contributed by atoms with Crippen LogP contribution in [0.25, 0.3) is 0 Å². The highest BCUT2D eigenvalue weighted by molar-refractivity contribution is 6.29. The normalized spacial score (nSPS) is 22.9. The molecule has 0 bridgehead atoms. The molecule has 2 fully saturated rings. The van der Waals surface area contributed by atoms with Crippen molar-refractivity contribution in [2.75, 3.05) is 18.0 Å². The standard InChI is InChI=1S/C16H20ClN3O/c1-10(11-4-5-11)20-9-12-8-13(17)18-15(14(12)16(20)21)19-6-2-3-7-19/h8,10-11H,2-7,9H2,1H3/t10-/m0/s1. The summed E-state index contributed by atoms with van der Waals surface area (Å²) in [6.45, 7) is 4.82. The van der Waals surface area contributed by atoms with Crippen LogP contribution in [0.5, 0.6) is 0 Å². The van der Waals surface area contributed by atoms with Gasteiger partial charge in [0.25, 0.3) is 5.91 Å². The van der Waals surface area contributed by atoms with E-state index in [4.69, 9.17) is 11.6 Å². The maximum absolute atomic E-state index is 12.9. The van der Waals surface area contributed by atoms with E-state index in [0.29, 0.717) is 23.7 Å². The van der Waals surface area contributed by atoms with Crippen molar-refractivity contribution in [3.05, 3.63) is 22.3 Å².